The van der Waals surface area contributed by atoms with Crippen LogP contribution in [0.2, 0.25) is 0 Å². The predicted molar refractivity (Wildman–Crippen MR) is 137 cm³/mol. The lowest BCUT2D eigenvalue weighted by Crippen LogP contribution is -2.24. The molecule has 0 fully saturated rings. The number of aromatic nitrogens is 4. The Morgan fingerprint density at radius 2 is 1.69 bits per heavy atom. The summed E-state index contributed by atoms with van der Waals surface area (Å²) in [6.07, 6.45) is 0. The van der Waals surface area contributed by atoms with Gasteiger partial charge in [0.2, 0.25) is 11.7 Å². The molecule has 0 atom stereocenters. The van der Waals surface area contributed by atoms with Gasteiger partial charge in [-0.25, -0.2) is 4.68 Å². The molecule has 182 valence electrons. The Balaban J connectivity index is 1.53. The van der Waals surface area contributed by atoms with Gasteiger partial charge in [0.1, 0.15) is 6.54 Å². The van der Waals surface area contributed by atoms with Gasteiger partial charge in [0.15, 0.2) is 11.5 Å². The van der Waals surface area contributed by atoms with E-state index in [0.717, 1.165) is 22.2 Å². The zero-order chi connectivity index (χ0) is 25.2. The molecule has 0 aliphatic heterocycles. The van der Waals surface area contributed by atoms with Crippen molar-refractivity contribution in [2.45, 2.75) is 27.3 Å². The van der Waals surface area contributed by atoms with E-state index >= 15 is 0 Å². The van der Waals surface area contributed by atoms with Crippen LogP contribution in [0.5, 0.6) is 11.5 Å². The molecule has 5 aromatic rings. The number of hydrogen-bond acceptors (Lipinski definition) is 7. The smallest absolute Gasteiger partial charge is 0.275 e. The SMILES string of the molecule is CCOc1ccc(-c2noc(Cn3nc(-c4ccc(C)c(C)c4)c4ccccc4c3=O)n2)cc1OC. The second-order valence-electron chi connectivity index (χ2n) is 8.47. The standard InChI is InChI=1S/C28H26N4O4/c1-5-35-23-13-12-20(15-24(23)34-4)27-29-25(36-31-27)16-32-28(33)22-9-7-6-8-21(22)26(30-32)19-11-10-17(2)18(3)14-19/h6-15H,5,16H2,1-4H3. The van der Waals surface area contributed by atoms with Crippen LogP contribution in [0, 0.1) is 13.8 Å². The zero-order valence-electron chi connectivity index (χ0n) is 20.6. The largest absolute Gasteiger partial charge is 0.493 e. The van der Waals surface area contributed by atoms with Gasteiger partial charge in [0.05, 0.1) is 24.8 Å². The number of ether oxygens (including phenoxy) is 2. The quantitative estimate of drug-likeness (QED) is 0.315. The summed E-state index contributed by atoms with van der Waals surface area (Å²) in [4.78, 5) is 17.8. The molecule has 0 aliphatic rings. The van der Waals surface area contributed by atoms with Gasteiger partial charge < -0.3 is 14.0 Å². The van der Waals surface area contributed by atoms with Crippen LogP contribution in [0.25, 0.3) is 33.4 Å². The van der Waals surface area contributed by atoms with Gasteiger partial charge >= 0.3 is 0 Å². The third-order valence-electron chi connectivity index (χ3n) is 6.12. The van der Waals surface area contributed by atoms with Crippen molar-refractivity contribution >= 4 is 10.8 Å². The first kappa shape index (κ1) is 23.3. The number of nitrogens with zero attached hydrogens (tertiary/aromatic N) is 4. The molecule has 0 N–H and O–H groups in total. The van der Waals surface area contributed by atoms with E-state index in [-0.39, 0.29) is 18.0 Å². The molecule has 5 rings (SSSR count). The van der Waals surface area contributed by atoms with E-state index in [4.69, 9.17) is 19.1 Å². The fourth-order valence-corrected chi connectivity index (χ4v) is 4.09. The average molecular weight is 483 g/mol. The lowest BCUT2D eigenvalue weighted by Gasteiger charge is -2.11. The van der Waals surface area contributed by atoms with Crippen molar-refractivity contribution in [1.29, 1.82) is 0 Å². The van der Waals surface area contributed by atoms with Gasteiger partial charge in [-0.05, 0) is 62.2 Å². The molecule has 0 bridgehead atoms. The minimum absolute atomic E-state index is 0.0443. The van der Waals surface area contributed by atoms with E-state index in [1.54, 1.807) is 19.2 Å². The van der Waals surface area contributed by atoms with Crippen LogP contribution < -0.4 is 15.0 Å². The van der Waals surface area contributed by atoms with Gasteiger partial charge in [-0.2, -0.15) is 10.1 Å². The minimum Gasteiger partial charge on any atom is -0.493 e. The summed E-state index contributed by atoms with van der Waals surface area (Å²) < 4.78 is 17.9. The molecule has 0 aliphatic carbocycles. The third kappa shape index (κ3) is 4.33. The Labute approximate surface area is 208 Å². The Hall–Kier alpha value is -4.46. The summed E-state index contributed by atoms with van der Waals surface area (Å²) >= 11 is 0. The van der Waals surface area contributed by atoms with Crippen molar-refractivity contribution in [2.24, 2.45) is 0 Å². The van der Waals surface area contributed by atoms with E-state index in [1.807, 2.05) is 43.3 Å². The molecule has 0 saturated heterocycles. The highest BCUT2D eigenvalue weighted by atomic mass is 16.5. The molecule has 0 spiro atoms. The van der Waals surface area contributed by atoms with E-state index < -0.39 is 0 Å². The third-order valence-corrected chi connectivity index (χ3v) is 6.12. The monoisotopic (exact) mass is 482 g/mol. The number of fused-ring (bicyclic) bond motifs is 1. The number of methoxy groups -OCH3 is 1. The van der Waals surface area contributed by atoms with Crippen LogP contribution in [-0.4, -0.2) is 33.6 Å². The summed E-state index contributed by atoms with van der Waals surface area (Å²) in [5.74, 6) is 1.87. The van der Waals surface area contributed by atoms with Gasteiger partial charge in [0, 0.05) is 16.5 Å². The topological polar surface area (TPSA) is 92.3 Å². The van der Waals surface area contributed by atoms with Crippen molar-refractivity contribution in [2.75, 3.05) is 13.7 Å². The molecule has 0 amide bonds. The number of aryl methyl sites for hydroxylation is 2. The maximum absolute atomic E-state index is 13.3. The Kier molecular flexibility index (Phi) is 6.25. The number of hydrogen-bond donors (Lipinski definition) is 0. The molecule has 36 heavy (non-hydrogen) atoms. The van der Waals surface area contributed by atoms with Gasteiger partial charge in [-0.1, -0.05) is 35.5 Å². The van der Waals surface area contributed by atoms with E-state index in [0.29, 0.717) is 34.9 Å². The van der Waals surface area contributed by atoms with Crippen molar-refractivity contribution in [3.05, 3.63) is 88.0 Å². The summed E-state index contributed by atoms with van der Waals surface area (Å²) in [5.41, 5.74) is 4.50. The van der Waals surface area contributed by atoms with Crippen molar-refractivity contribution in [3.8, 4) is 34.1 Å². The van der Waals surface area contributed by atoms with Crippen LogP contribution >= 0.6 is 0 Å². The first-order valence-corrected chi connectivity index (χ1v) is 11.7. The molecule has 2 aromatic heterocycles. The molecule has 0 radical (unpaired) electrons. The van der Waals surface area contributed by atoms with Crippen molar-refractivity contribution in [1.82, 2.24) is 19.9 Å². The lowest BCUT2D eigenvalue weighted by molar-refractivity contribution is 0.311. The second kappa shape index (κ2) is 9.65. The fraction of sp³-hybridized carbons (Fsp3) is 0.214. The van der Waals surface area contributed by atoms with E-state index in [2.05, 4.69) is 36.1 Å². The summed E-state index contributed by atoms with van der Waals surface area (Å²) in [6, 6.07) is 19.1. The first-order chi connectivity index (χ1) is 17.5. The van der Waals surface area contributed by atoms with Crippen LogP contribution in [0.4, 0.5) is 0 Å². The molecule has 8 nitrogen and oxygen atoms in total. The van der Waals surface area contributed by atoms with Gasteiger partial charge in [-0.3, -0.25) is 4.79 Å². The molecular weight excluding hydrogens is 456 g/mol. The van der Waals surface area contributed by atoms with Crippen LogP contribution in [0.3, 0.4) is 0 Å². The normalized spacial score (nSPS) is 11.1. The second-order valence-corrected chi connectivity index (χ2v) is 8.47. The van der Waals surface area contributed by atoms with Gasteiger partial charge in [0.25, 0.3) is 5.56 Å². The maximum atomic E-state index is 13.3. The van der Waals surface area contributed by atoms with Crippen LogP contribution in [0.1, 0.15) is 23.9 Å². The lowest BCUT2D eigenvalue weighted by atomic mass is 10.0. The molecule has 8 heteroatoms. The molecule has 2 heterocycles. The highest BCUT2D eigenvalue weighted by molar-refractivity contribution is 5.93. The Morgan fingerprint density at radius 3 is 2.44 bits per heavy atom. The molecule has 0 saturated carbocycles. The molecule has 3 aromatic carbocycles. The maximum Gasteiger partial charge on any atom is 0.275 e. The van der Waals surface area contributed by atoms with Gasteiger partial charge in [-0.15, -0.1) is 0 Å². The zero-order valence-corrected chi connectivity index (χ0v) is 20.6. The Morgan fingerprint density at radius 1 is 0.917 bits per heavy atom. The number of benzene rings is 3. The average Bonchev–Trinajstić information content (AvgIpc) is 3.36. The van der Waals surface area contributed by atoms with Crippen molar-refractivity contribution in [3.63, 3.8) is 0 Å². The van der Waals surface area contributed by atoms with Crippen LogP contribution in [-0.2, 0) is 6.54 Å². The predicted octanol–water partition coefficient (Wildman–Crippen LogP) is 5.19. The van der Waals surface area contributed by atoms with Crippen molar-refractivity contribution < 1.29 is 14.0 Å². The van der Waals surface area contributed by atoms with Crippen LogP contribution in [0.15, 0.2) is 70.0 Å². The minimum atomic E-state index is -0.222. The summed E-state index contributed by atoms with van der Waals surface area (Å²) in [5, 5.41) is 10.2. The summed E-state index contributed by atoms with van der Waals surface area (Å²) in [7, 11) is 1.58. The Bertz CT molecular complexity index is 1620. The van der Waals surface area contributed by atoms with E-state index in [1.165, 1.54) is 10.2 Å². The first-order valence-electron chi connectivity index (χ1n) is 11.7. The fourth-order valence-electron chi connectivity index (χ4n) is 4.09. The molecular formula is C28H26N4O4. The summed E-state index contributed by atoms with van der Waals surface area (Å²) in [6.45, 7) is 6.61. The highest BCUT2D eigenvalue weighted by Gasteiger charge is 2.17. The highest BCUT2D eigenvalue weighted by Crippen LogP contribution is 2.32. The number of rotatable bonds is 7. The molecule has 0 unspecified atom stereocenters. The van der Waals surface area contributed by atoms with E-state index in [9.17, 15) is 4.79 Å².